The topological polar surface area (TPSA) is 0 Å². The van der Waals surface area contributed by atoms with Crippen molar-refractivity contribution < 1.29 is 17.0 Å². The van der Waals surface area contributed by atoms with Crippen LogP contribution in [-0.2, 0) is 0 Å². The Labute approximate surface area is 72.0 Å². The molecule has 0 aliphatic rings. The first-order valence-corrected chi connectivity index (χ1v) is 1.69. The predicted molar refractivity (Wildman–Crippen MR) is 27.7 cm³/mol. The van der Waals surface area contributed by atoms with Crippen molar-refractivity contribution in [2.75, 3.05) is 0 Å². The van der Waals surface area contributed by atoms with Gasteiger partial charge in [-0.1, -0.05) is 13.8 Å². The molecule has 0 rings (SSSR count). The molecule has 2 heteroatoms. The maximum Gasteiger partial charge on any atom is 2.00 e. The van der Waals surface area contributed by atoms with E-state index in [1.165, 1.54) is 0 Å². The van der Waals surface area contributed by atoms with Crippen LogP contribution in [0.3, 0.4) is 0 Å². The van der Waals surface area contributed by atoms with Gasteiger partial charge in [0.05, 0.1) is 0 Å². The van der Waals surface area contributed by atoms with Gasteiger partial charge in [-0.3, -0.25) is 0 Å². The third kappa shape index (κ3) is 20.0. The Morgan fingerprint density at radius 1 is 1.43 bits per heavy atom. The van der Waals surface area contributed by atoms with Crippen LogP contribution in [0, 0.1) is 18.3 Å². The fourth-order valence-corrected chi connectivity index (χ4v) is 0. The smallest absolute Gasteiger partial charge is 1.00 e. The van der Waals surface area contributed by atoms with Crippen molar-refractivity contribution in [3.8, 4) is 5.92 Å². The summed E-state index contributed by atoms with van der Waals surface area (Å²) in [6.07, 6.45) is 6.41. The van der Waals surface area contributed by atoms with E-state index in [0.29, 0.717) is 5.92 Å². The Morgan fingerprint density at radius 3 is 1.57 bits per heavy atom. The molecule has 0 amide bonds. The molecular weight excluding hydrogens is 164 g/mol. The minimum Gasteiger partial charge on any atom is -1.00 e. The molecule has 0 saturated heterocycles. The van der Waals surface area contributed by atoms with E-state index in [4.69, 9.17) is 6.42 Å². The third-order valence-corrected chi connectivity index (χ3v) is 0.289. The van der Waals surface area contributed by atoms with Gasteiger partial charge in [0.15, 0.2) is 0 Å². The summed E-state index contributed by atoms with van der Waals surface area (Å²) in [6, 6.07) is 0. The molecule has 7 heavy (non-hydrogen) atoms. The van der Waals surface area contributed by atoms with Gasteiger partial charge in [-0.2, -0.15) is 0 Å². The fraction of sp³-hybridized carbons (Fsp3) is 0.600. The van der Waals surface area contributed by atoms with E-state index >= 15 is 0 Å². The van der Waals surface area contributed by atoms with Crippen LogP contribution in [0.25, 0.3) is 0 Å². The van der Waals surface area contributed by atoms with E-state index in [-0.39, 0.29) is 40.0 Å². The SMILES string of the molecule is [Br-].[C-]#CC(C)C.[Mg+2]. The fourth-order valence-electron chi connectivity index (χ4n) is 0. The molecule has 0 aromatic rings. The summed E-state index contributed by atoms with van der Waals surface area (Å²) in [5, 5.41) is 0. The van der Waals surface area contributed by atoms with Crippen molar-refractivity contribution in [3.63, 3.8) is 0 Å². The maximum absolute atomic E-state index is 6.41. The molecule has 0 bridgehead atoms. The third-order valence-electron chi connectivity index (χ3n) is 0.289. The van der Waals surface area contributed by atoms with E-state index in [1.54, 1.807) is 0 Å². The number of hydrogen-bond acceptors (Lipinski definition) is 0. The van der Waals surface area contributed by atoms with Crippen LogP contribution in [0.15, 0.2) is 0 Å². The van der Waals surface area contributed by atoms with Gasteiger partial charge < -0.3 is 29.3 Å². The summed E-state index contributed by atoms with van der Waals surface area (Å²) in [6.45, 7) is 3.85. The molecule has 0 spiro atoms. The summed E-state index contributed by atoms with van der Waals surface area (Å²) >= 11 is 0. The molecule has 36 valence electrons. The summed E-state index contributed by atoms with van der Waals surface area (Å²) in [5.74, 6) is 2.58. The van der Waals surface area contributed by atoms with Crippen molar-refractivity contribution >= 4 is 23.1 Å². The van der Waals surface area contributed by atoms with Crippen molar-refractivity contribution in [1.29, 1.82) is 0 Å². The summed E-state index contributed by atoms with van der Waals surface area (Å²) in [7, 11) is 0. The standard InChI is InChI=1S/C5H7.BrH.Mg/c1-4-5(2)3;;/h5H,2-3H3;1H;/q-1;;+2/p-1. The van der Waals surface area contributed by atoms with Crippen molar-refractivity contribution in [2.24, 2.45) is 5.92 Å². The normalized spacial score (nSPS) is 5.43. The van der Waals surface area contributed by atoms with Gasteiger partial charge in [-0.25, -0.2) is 0 Å². The second-order valence-corrected chi connectivity index (χ2v) is 1.30. The zero-order chi connectivity index (χ0) is 4.28. The number of rotatable bonds is 0. The average molecular weight is 171 g/mol. The Bertz CT molecular complexity index is 53.6. The maximum atomic E-state index is 6.41. The minimum absolute atomic E-state index is 0. The van der Waals surface area contributed by atoms with Gasteiger partial charge in [0.25, 0.3) is 0 Å². The van der Waals surface area contributed by atoms with Gasteiger partial charge >= 0.3 is 23.1 Å². The zero-order valence-electron chi connectivity index (χ0n) is 4.66. The minimum atomic E-state index is 0. The predicted octanol–water partition coefficient (Wildman–Crippen LogP) is -2.14. The monoisotopic (exact) mass is 170 g/mol. The molecule has 0 aromatic carbocycles. The van der Waals surface area contributed by atoms with Crippen molar-refractivity contribution in [2.45, 2.75) is 13.8 Å². The van der Waals surface area contributed by atoms with Crippen LogP contribution < -0.4 is 17.0 Å². The van der Waals surface area contributed by atoms with Gasteiger partial charge in [0.2, 0.25) is 0 Å². The number of halogens is 1. The largest absolute Gasteiger partial charge is 2.00 e. The Balaban J connectivity index is -0.0000000800. The molecule has 0 radical (unpaired) electrons. The van der Waals surface area contributed by atoms with Crippen LogP contribution in [0.2, 0.25) is 0 Å². The van der Waals surface area contributed by atoms with Crippen LogP contribution in [0.5, 0.6) is 0 Å². The molecule has 0 N–H and O–H groups in total. The first-order chi connectivity index (χ1) is 2.27. The molecule has 0 fully saturated rings. The van der Waals surface area contributed by atoms with Crippen molar-refractivity contribution in [1.82, 2.24) is 0 Å². The Hall–Kier alpha value is 0.806. The molecule has 0 nitrogen and oxygen atoms in total. The first-order valence-electron chi connectivity index (χ1n) is 1.69. The van der Waals surface area contributed by atoms with Gasteiger partial charge in [0.1, 0.15) is 0 Å². The summed E-state index contributed by atoms with van der Waals surface area (Å²) < 4.78 is 0. The molecule has 0 atom stereocenters. The molecule has 0 heterocycles. The second-order valence-electron chi connectivity index (χ2n) is 1.30. The van der Waals surface area contributed by atoms with E-state index < -0.39 is 0 Å². The molecule has 0 unspecified atom stereocenters. The zero-order valence-corrected chi connectivity index (χ0v) is 7.66. The molecule has 0 aliphatic carbocycles. The van der Waals surface area contributed by atoms with Crippen LogP contribution >= 0.6 is 0 Å². The van der Waals surface area contributed by atoms with E-state index in [1.807, 2.05) is 13.8 Å². The summed E-state index contributed by atoms with van der Waals surface area (Å²) in [5.41, 5.74) is 0. The van der Waals surface area contributed by atoms with E-state index in [0.717, 1.165) is 0 Å². The van der Waals surface area contributed by atoms with Crippen molar-refractivity contribution in [3.05, 3.63) is 6.42 Å². The Morgan fingerprint density at radius 2 is 1.57 bits per heavy atom. The Kier molecular flexibility index (Phi) is 22.2. The molecule has 0 saturated carbocycles. The quantitative estimate of drug-likeness (QED) is 0.222. The van der Waals surface area contributed by atoms with Crippen LogP contribution in [0.4, 0.5) is 0 Å². The van der Waals surface area contributed by atoms with Crippen LogP contribution in [-0.4, -0.2) is 23.1 Å². The molecular formula is C5H7BrMg. The number of hydrogen-bond donors (Lipinski definition) is 0. The molecule has 0 aliphatic heterocycles. The second kappa shape index (κ2) is 9.93. The van der Waals surface area contributed by atoms with E-state index in [9.17, 15) is 0 Å². The van der Waals surface area contributed by atoms with Gasteiger partial charge in [-0.15, -0.1) is 0 Å². The first kappa shape index (κ1) is 15.7. The average Bonchev–Trinajstić information content (AvgIpc) is 1.38. The van der Waals surface area contributed by atoms with E-state index in [2.05, 4.69) is 5.92 Å². The van der Waals surface area contributed by atoms with Gasteiger partial charge in [0, 0.05) is 0 Å². The van der Waals surface area contributed by atoms with Gasteiger partial charge in [-0.05, 0) is 5.92 Å². The van der Waals surface area contributed by atoms with Crippen LogP contribution in [0.1, 0.15) is 13.8 Å². The molecule has 0 aromatic heterocycles. The summed E-state index contributed by atoms with van der Waals surface area (Å²) in [4.78, 5) is 0.